The Bertz CT molecular complexity index is 676. The molecule has 1 amide bonds. The van der Waals surface area contributed by atoms with E-state index in [2.05, 4.69) is 10.2 Å². The first kappa shape index (κ1) is 13.2. The molecule has 0 aliphatic rings. The molecule has 1 aromatic carbocycles. The Labute approximate surface area is 113 Å². The Morgan fingerprint density at radius 1 is 1.53 bits per heavy atom. The number of anilines is 1. The van der Waals surface area contributed by atoms with E-state index in [4.69, 9.17) is 11.5 Å². The van der Waals surface area contributed by atoms with Crippen LogP contribution in [0.25, 0.3) is 0 Å². The molecule has 0 unspecified atom stereocenters. The molecule has 7 nitrogen and oxygen atoms in total. The summed E-state index contributed by atoms with van der Waals surface area (Å²) in [5, 5.41) is 6.70. The summed E-state index contributed by atoms with van der Waals surface area (Å²) in [6.45, 7) is 2.29. The minimum Gasteiger partial charge on any atom is -0.398 e. The molecule has 0 saturated heterocycles. The molecule has 0 fully saturated rings. The highest BCUT2D eigenvalue weighted by Gasteiger charge is 2.16. The molecule has 0 saturated carbocycles. The number of primary amides is 1. The summed E-state index contributed by atoms with van der Waals surface area (Å²) in [5.41, 5.74) is 11.6. The van der Waals surface area contributed by atoms with Crippen LogP contribution in [0.15, 0.2) is 33.0 Å². The number of amides is 1. The largest absolute Gasteiger partial charge is 0.398 e. The van der Waals surface area contributed by atoms with Gasteiger partial charge in [0.05, 0.1) is 10.5 Å². The normalized spacial score (nSPS) is 10.6. The molecule has 0 atom stereocenters. The second kappa shape index (κ2) is 5.19. The fourth-order valence-electron chi connectivity index (χ4n) is 1.61. The van der Waals surface area contributed by atoms with E-state index < -0.39 is 5.91 Å². The van der Waals surface area contributed by atoms with Crippen LogP contribution in [0.4, 0.5) is 5.69 Å². The summed E-state index contributed by atoms with van der Waals surface area (Å²) >= 11 is 1.14. The van der Waals surface area contributed by atoms with Gasteiger partial charge in [-0.05, 0) is 30.8 Å². The maximum atomic E-state index is 11.5. The van der Waals surface area contributed by atoms with E-state index in [-0.39, 0.29) is 5.69 Å². The number of nitrogens with one attached hydrogen (secondary N) is 1. The minimum atomic E-state index is -0.573. The van der Waals surface area contributed by atoms with Gasteiger partial charge in [0, 0.05) is 12.2 Å². The zero-order chi connectivity index (χ0) is 14.0. The van der Waals surface area contributed by atoms with Crippen LogP contribution in [0.5, 0.6) is 0 Å². The number of rotatable bonds is 4. The fraction of sp³-hybridized carbons (Fsp3) is 0.182. The number of benzene rings is 1. The number of carbonyl (C=O) groups is 1. The maximum absolute atomic E-state index is 11.5. The summed E-state index contributed by atoms with van der Waals surface area (Å²) in [4.78, 5) is 23.4. The average Bonchev–Trinajstić information content (AvgIpc) is 2.72. The van der Waals surface area contributed by atoms with E-state index in [0.717, 1.165) is 11.8 Å². The summed E-state index contributed by atoms with van der Waals surface area (Å²) in [6, 6.07) is 4.90. The lowest BCUT2D eigenvalue weighted by Crippen LogP contribution is -2.16. The van der Waals surface area contributed by atoms with Gasteiger partial charge in [0.15, 0.2) is 5.16 Å². The van der Waals surface area contributed by atoms with Crippen molar-refractivity contribution in [2.24, 2.45) is 5.73 Å². The van der Waals surface area contributed by atoms with Crippen LogP contribution in [0.2, 0.25) is 0 Å². The number of nitrogens with two attached hydrogens (primary N) is 2. The highest BCUT2D eigenvalue weighted by Crippen LogP contribution is 2.33. The number of nitrogen functional groups attached to an aromatic ring is 1. The van der Waals surface area contributed by atoms with E-state index >= 15 is 0 Å². The summed E-state index contributed by atoms with van der Waals surface area (Å²) < 4.78 is 1.45. The van der Waals surface area contributed by atoms with Crippen LogP contribution in [0, 0.1) is 0 Å². The summed E-state index contributed by atoms with van der Waals surface area (Å²) in [6.07, 6.45) is 0. The molecule has 0 aliphatic heterocycles. The van der Waals surface area contributed by atoms with E-state index in [9.17, 15) is 9.59 Å². The molecule has 0 spiro atoms. The number of carbonyl (C=O) groups excluding carboxylic acids is 1. The molecule has 0 bridgehead atoms. The van der Waals surface area contributed by atoms with Crippen molar-refractivity contribution in [3.63, 3.8) is 0 Å². The molecule has 0 aliphatic carbocycles. The average molecular weight is 279 g/mol. The number of nitrogens with zero attached hydrogens (tertiary/aromatic N) is 2. The molecule has 1 heterocycles. The zero-order valence-electron chi connectivity index (χ0n) is 10.2. The topological polar surface area (TPSA) is 120 Å². The van der Waals surface area contributed by atoms with Crippen molar-refractivity contribution in [1.82, 2.24) is 14.8 Å². The monoisotopic (exact) mass is 279 g/mol. The highest BCUT2D eigenvalue weighted by atomic mass is 32.2. The first-order chi connectivity index (χ1) is 9.04. The Morgan fingerprint density at radius 2 is 2.26 bits per heavy atom. The Kier molecular flexibility index (Phi) is 3.61. The van der Waals surface area contributed by atoms with Gasteiger partial charge in [-0.3, -0.25) is 9.36 Å². The first-order valence-electron chi connectivity index (χ1n) is 5.56. The quantitative estimate of drug-likeness (QED) is 0.701. The molecule has 2 rings (SSSR count). The molecule has 1 aromatic heterocycles. The van der Waals surface area contributed by atoms with Crippen LogP contribution in [0.3, 0.4) is 0 Å². The van der Waals surface area contributed by atoms with Crippen molar-refractivity contribution in [1.29, 1.82) is 0 Å². The van der Waals surface area contributed by atoms with E-state index in [0.29, 0.717) is 27.8 Å². The smallest absolute Gasteiger partial charge is 0.343 e. The highest BCUT2D eigenvalue weighted by molar-refractivity contribution is 7.99. The zero-order valence-corrected chi connectivity index (χ0v) is 11.0. The van der Waals surface area contributed by atoms with Crippen molar-refractivity contribution in [3.05, 3.63) is 34.2 Å². The van der Waals surface area contributed by atoms with Crippen LogP contribution < -0.4 is 17.2 Å². The number of hydrogen-bond donors (Lipinski definition) is 3. The predicted molar refractivity (Wildman–Crippen MR) is 72.0 cm³/mol. The third-order valence-electron chi connectivity index (χ3n) is 2.54. The number of aromatic amines is 1. The van der Waals surface area contributed by atoms with Gasteiger partial charge >= 0.3 is 5.69 Å². The van der Waals surface area contributed by atoms with Gasteiger partial charge < -0.3 is 11.5 Å². The molecule has 5 N–H and O–H groups in total. The molecular weight excluding hydrogens is 266 g/mol. The second-order valence-electron chi connectivity index (χ2n) is 3.75. The SMILES string of the molecule is CCn1c(Sc2c(N)cccc2C(N)=O)n[nH]c1=O. The van der Waals surface area contributed by atoms with Crippen LogP contribution in [-0.4, -0.2) is 20.7 Å². The van der Waals surface area contributed by atoms with Crippen molar-refractivity contribution < 1.29 is 4.79 Å². The van der Waals surface area contributed by atoms with Crippen molar-refractivity contribution in [2.45, 2.75) is 23.5 Å². The van der Waals surface area contributed by atoms with Gasteiger partial charge in [-0.25, -0.2) is 9.89 Å². The summed E-state index contributed by atoms with van der Waals surface area (Å²) in [7, 11) is 0. The third-order valence-corrected chi connectivity index (χ3v) is 3.70. The molecule has 100 valence electrons. The number of hydrogen-bond acceptors (Lipinski definition) is 5. The van der Waals surface area contributed by atoms with Gasteiger partial charge in [-0.1, -0.05) is 6.07 Å². The van der Waals surface area contributed by atoms with Crippen LogP contribution >= 0.6 is 11.8 Å². The van der Waals surface area contributed by atoms with Gasteiger partial charge in [-0.15, -0.1) is 5.10 Å². The molecular formula is C11H13N5O2S. The molecule has 0 radical (unpaired) electrons. The van der Waals surface area contributed by atoms with Gasteiger partial charge in [0.2, 0.25) is 5.91 Å². The standard InChI is InChI=1S/C11H13N5O2S/c1-2-16-10(18)14-15-11(16)19-8-6(9(13)17)4-3-5-7(8)12/h3-5H,2,12H2,1H3,(H2,13,17)(H,14,18). The number of aromatic nitrogens is 3. The first-order valence-corrected chi connectivity index (χ1v) is 6.37. The van der Waals surface area contributed by atoms with Gasteiger partial charge in [0.25, 0.3) is 0 Å². The molecule has 8 heteroatoms. The second-order valence-corrected chi connectivity index (χ2v) is 4.72. The molecule has 2 aromatic rings. The van der Waals surface area contributed by atoms with Crippen molar-refractivity contribution in [2.75, 3.05) is 5.73 Å². The van der Waals surface area contributed by atoms with E-state index in [1.165, 1.54) is 4.57 Å². The lowest BCUT2D eigenvalue weighted by molar-refractivity contribution is 0.0997. The maximum Gasteiger partial charge on any atom is 0.343 e. The molecule has 19 heavy (non-hydrogen) atoms. The van der Waals surface area contributed by atoms with Gasteiger partial charge in [-0.2, -0.15) is 0 Å². The lowest BCUT2D eigenvalue weighted by atomic mass is 10.2. The minimum absolute atomic E-state index is 0.305. The Hall–Kier alpha value is -2.22. The van der Waals surface area contributed by atoms with E-state index in [1.807, 2.05) is 6.92 Å². The van der Waals surface area contributed by atoms with Crippen molar-refractivity contribution >= 4 is 23.4 Å². The Morgan fingerprint density at radius 3 is 2.89 bits per heavy atom. The third kappa shape index (κ3) is 2.48. The lowest BCUT2D eigenvalue weighted by Gasteiger charge is -2.09. The number of H-pyrrole nitrogens is 1. The summed E-state index contributed by atoms with van der Waals surface area (Å²) in [5.74, 6) is -0.573. The van der Waals surface area contributed by atoms with Gasteiger partial charge in [0.1, 0.15) is 0 Å². The van der Waals surface area contributed by atoms with Crippen LogP contribution in [-0.2, 0) is 6.54 Å². The van der Waals surface area contributed by atoms with Crippen molar-refractivity contribution in [3.8, 4) is 0 Å². The van der Waals surface area contributed by atoms with Crippen LogP contribution in [0.1, 0.15) is 17.3 Å². The van der Waals surface area contributed by atoms with E-state index in [1.54, 1.807) is 18.2 Å². The fourth-order valence-corrected chi connectivity index (χ4v) is 2.67. The predicted octanol–water partition coefficient (Wildman–Crippen LogP) is 0.424. The Balaban J connectivity index is 2.49.